The predicted molar refractivity (Wildman–Crippen MR) is 142 cm³/mol. The molecule has 2 heterocycles. The van der Waals surface area contributed by atoms with E-state index in [1.165, 1.54) is 27.5 Å². The van der Waals surface area contributed by atoms with Crippen LogP contribution in [0.1, 0.15) is 56.6 Å². The molecule has 7 nitrogen and oxygen atoms in total. The number of halogens is 3. The minimum absolute atomic E-state index is 0.0752. The van der Waals surface area contributed by atoms with Crippen molar-refractivity contribution in [3.8, 4) is 17.3 Å². The lowest BCUT2D eigenvalue weighted by Gasteiger charge is -2.15. The van der Waals surface area contributed by atoms with Crippen molar-refractivity contribution >= 4 is 11.0 Å². The summed E-state index contributed by atoms with van der Waals surface area (Å²) in [7, 11) is 0. The third kappa shape index (κ3) is 6.55. The van der Waals surface area contributed by atoms with Gasteiger partial charge in [-0.3, -0.25) is 9.13 Å². The normalized spacial score (nSPS) is 11.8. The van der Waals surface area contributed by atoms with Crippen molar-refractivity contribution < 1.29 is 27.4 Å². The van der Waals surface area contributed by atoms with Crippen molar-refractivity contribution in [2.75, 3.05) is 6.61 Å². The Morgan fingerprint density at radius 2 is 1.69 bits per heavy atom. The molecule has 39 heavy (non-hydrogen) atoms. The molecule has 2 aromatic heterocycles. The van der Waals surface area contributed by atoms with E-state index in [9.17, 15) is 27.9 Å². The van der Waals surface area contributed by atoms with E-state index >= 15 is 0 Å². The van der Waals surface area contributed by atoms with Gasteiger partial charge in [0.2, 0.25) is 5.88 Å². The number of nitrogens with zero attached hydrogens (tertiary/aromatic N) is 2. The second-order valence-corrected chi connectivity index (χ2v) is 9.39. The summed E-state index contributed by atoms with van der Waals surface area (Å²) in [5.74, 6) is 0.346. The number of hydrogen-bond donors (Lipinski definition) is 1. The maximum Gasteiger partial charge on any atom is 0.417 e. The lowest BCUT2D eigenvalue weighted by atomic mass is 10.0. The summed E-state index contributed by atoms with van der Waals surface area (Å²) in [5.41, 5.74) is -1.27. The van der Waals surface area contributed by atoms with E-state index in [4.69, 9.17) is 9.15 Å². The van der Waals surface area contributed by atoms with E-state index in [0.29, 0.717) is 49.1 Å². The average Bonchev–Trinajstić information content (AvgIpc) is 3.19. The quantitative estimate of drug-likeness (QED) is 0.164. The van der Waals surface area contributed by atoms with Gasteiger partial charge in [0.1, 0.15) is 11.3 Å². The van der Waals surface area contributed by atoms with Crippen molar-refractivity contribution in [3.63, 3.8) is 0 Å². The molecule has 0 fully saturated rings. The van der Waals surface area contributed by atoms with Crippen LogP contribution in [0.3, 0.4) is 0 Å². The molecule has 208 valence electrons. The van der Waals surface area contributed by atoms with E-state index in [1.54, 1.807) is 12.1 Å². The molecule has 2 aromatic carbocycles. The Morgan fingerprint density at radius 1 is 0.974 bits per heavy atom. The summed E-state index contributed by atoms with van der Waals surface area (Å²) in [6, 6.07) is 12.4. The smallest absolute Gasteiger partial charge is 0.417 e. The highest BCUT2D eigenvalue weighted by Crippen LogP contribution is 2.37. The van der Waals surface area contributed by atoms with E-state index in [2.05, 4.69) is 0 Å². The molecule has 0 saturated heterocycles. The molecule has 0 aliphatic rings. The molecule has 1 N–H and O–H groups in total. The van der Waals surface area contributed by atoms with Crippen LogP contribution in [0.4, 0.5) is 13.2 Å². The molecule has 0 atom stereocenters. The van der Waals surface area contributed by atoms with Gasteiger partial charge in [-0.1, -0.05) is 50.8 Å². The number of ether oxygens (including phenoxy) is 1. The number of rotatable bonds is 12. The van der Waals surface area contributed by atoms with E-state index < -0.39 is 17.4 Å². The van der Waals surface area contributed by atoms with Gasteiger partial charge in [0, 0.05) is 23.6 Å². The molecule has 4 aromatic rings. The van der Waals surface area contributed by atoms with E-state index in [0.717, 1.165) is 32.1 Å². The number of aromatic nitrogens is 2. The molecule has 0 bridgehead atoms. The van der Waals surface area contributed by atoms with Crippen LogP contribution in [0, 0.1) is 0 Å². The topological polar surface area (TPSA) is 86.6 Å². The Kier molecular flexibility index (Phi) is 8.83. The number of unbranched alkanes of at least 4 members (excludes halogenated alkanes) is 4. The number of para-hydroxylation sites is 1. The van der Waals surface area contributed by atoms with Gasteiger partial charge < -0.3 is 14.3 Å². The number of aromatic hydroxyl groups is 1. The first-order valence-electron chi connectivity index (χ1n) is 13.1. The van der Waals surface area contributed by atoms with Crippen LogP contribution >= 0.6 is 0 Å². The molecule has 0 spiro atoms. The Balaban J connectivity index is 1.29. The van der Waals surface area contributed by atoms with Crippen molar-refractivity contribution in [3.05, 3.63) is 86.8 Å². The van der Waals surface area contributed by atoms with Crippen molar-refractivity contribution in [1.29, 1.82) is 0 Å². The number of hydrogen-bond acceptors (Lipinski definition) is 5. The minimum atomic E-state index is -4.67. The first-order chi connectivity index (χ1) is 18.7. The van der Waals surface area contributed by atoms with E-state index in [1.807, 2.05) is 25.1 Å². The van der Waals surface area contributed by atoms with Gasteiger partial charge >= 0.3 is 17.5 Å². The first kappa shape index (κ1) is 28.1. The fourth-order valence-electron chi connectivity index (χ4n) is 4.66. The number of alkyl halides is 3. The van der Waals surface area contributed by atoms with Crippen LogP contribution in [0.5, 0.6) is 11.6 Å². The Hall–Kier alpha value is -3.95. The van der Waals surface area contributed by atoms with Gasteiger partial charge in [0.05, 0.1) is 24.1 Å². The maximum atomic E-state index is 13.5. The van der Waals surface area contributed by atoms with E-state index in [-0.39, 0.29) is 22.5 Å². The zero-order chi connectivity index (χ0) is 28.0. The van der Waals surface area contributed by atoms with Gasteiger partial charge in [-0.25, -0.2) is 9.59 Å². The number of aryl methyl sites for hydroxylation is 1. The molecule has 0 aliphatic heterocycles. The second-order valence-electron chi connectivity index (χ2n) is 9.39. The highest BCUT2D eigenvalue weighted by molar-refractivity contribution is 5.85. The van der Waals surface area contributed by atoms with Crippen LogP contribution in [-0.2, 0) is 19.1 Å². The maximum absolute atomic E-state index is 13.5. The highest BCUT2D eigenvalue weighted by atomic mass is 19.4. The molecule has 0 aliphatic carbocycles. The zero-order valence-electron chi connectivity index (χ0n) is 21.7. The lowest BCUT2D eigenvalue weighted by molar-refractivity contribution is -0.136. The number of benzene rings is 2. The third-order valence-electron chi connectivity index (χ3n) is 6.55. The second kappa shape index (κ2) is 12.3. The van der Waals surface area contributed by atoms with Crippen LogP contribution in [0.15, 0.2) is 68.7 Å². The number of imidazole rings is 1. The molecule has 4 rings (SSSR count). The summed E-state index contributed by atoms with van der Waals surface area (Å²) in [6.45, 7) is 2.66. The van der Waals surface area contributed by atoms with Gasteiger partial charge in [-0.05, 0) is 43.5 Å². The standard InChI is InChI=1S/C29H31F3N2O5/c1-2-11-22-24(15-14-21-23(29(30,31)32)18-26(36)39-27(21)22)38-17-10-5-3-4-9-16-33-25(35)19-34(28(33)37)20-12-7-6-8-13-20/h6-8,12-15,18-19,35H,2-5,9-11,16-17H2,1H3. The Labute approximate surface area is 223 Å². The largest absolute Gasteiger partial charge is 0.493 e. The number of fused-ring (bicyclic) bond motifs is 1. The third-order valence-corrected chi connectivity index (χ3v) is 6.55. The summed E-state index contributed by atoms with van der Waals surface area (Å²) < 4.78 is 54.2. The van der Waals surface area contributed by atoms with Gasteiger partial charge in [0.25, 0.3) is 0 Å². The minimum Gasteiger partial charge on any atom is -0.493 e. The Bertz CT molecular complexity index is 1520. The zero-order valence-corrected chi connectivity index (χ0v) is 21.7. The lowest BCUT2D eigenvalue weighted by Crippen LogP contribution is -2.23. The monoisotopic (exact) mass is 544 g/mol. The molecule has 0 unspecified atom stereocenters. The molecular weight excluding hydrogens is 513 g/mol. The fourth-order valence-corrected chi connectivity index (χ4v) is 4.66. The molecule has 10 heteroatoms. The molecule has 0 amide bonds. The summed E-state index contributed by atoms with van der Waals surface area (Å²) in [6.07, 6.45) is 1.85. The summed E-state index contributed by atoms with van der Waals surface area (Å²) in [4.78, 5) is 24.5. The van der Waals surface area contributed by atoms with Gasteiger partial charge in [-0.15, -0.1) is 0 Å². The van der Waals surface area contributed by atoms with Crippen molar-refractivity contribution in [1.82, 2.24) is 9.13 Å². The molecule has 0 radical (unpaired) electrons. The molecule has 0 saturated carbocycles. The SMILES string of the molecule is CCCc1c(OCCCCCCCn2c(O)cn(-c3ccccc3)c2=O)ccc2c(C(F)(F)F)cc(=O)oc12. The van der Waals surface area contributed by atoms with Gasteiger partial charge in [0.15, 0.2) is 0 Å². The summed E-state index contributed by atoms with van der Waals surface area (Å²) in [5, 5.41) is 10.0. The Morgan fingerprint density at radius 3 is 2.41 bits per heavy atom. The molecular formula is C29H31F3N2O5. The predicted octanol–water partition coefficient (Wildman–Crippen LogP) is 6.45. The van der Waals surface area contributed by atoms with Crippen molar-refractivity contribution in [2.24, 2.45) is 0 Å². The summed E-state index contributed by atoms with van der Waals surface area (Å²) >= 11 is 0. The fraction of sp³-hybridized carbons (Fsp3) is 0.379. The van der Waals surface area contributed by atoms with Crippen LogP contribution in [0.2, 0.25) is 0 Å². The first-order valence-corrected chi connectivity index (χ1v) is 13.1. The average molecular weight is 545 g/mol. The van der Waals surface area contributed by atoms with Crippen molar-refractivity contribution in [2.45, 2.75) is 64.6 Å². The van der Waals surface area contributed by atoms with Gasteiger partial charge in [-0.2, -0.15) is 13.2 Å². The highest BCUT2D eigenvalue weighted by Gasteiger charge is 2.34. The van der Waals surface area contributed by atoms with Crippen LogP contribution in [-0.4, -0.2) is 20.8 Å². The van der Waals surface area contributed by atoms with Crippen LogP contribution < -0.4 is 16.1 Å². The van der Waals surface area contributed by atoms with Crippen LogP contribution in [0.25, 0.3) is 16.7 Å².